The van der Waals surface area contributed by atoms with Crippen LogP contribution in [-0.2, 0) is 0 Å². The lowest BCUT2D eigenvalue weighted by Gasteiger charge is -2.61. The monoisotopic (exact) mass is 369 g/mol. The highest BCUT2D eigenvalue weighted by atomic mass is 16.6. The van der Waals surface area contributed by atoms with Gasteiger partial charge in [0.2, 0.25) is 0 Å². The molecule has 1 aliphatic heterocycles. The van der Waals surface area contributed by atoms with Gasteiger partial charge in [-0.05, 0) is 68.4 Å². The SMILES string of the molecule is O=C(c1ccc([N+](=O)[O-])cc1)N1CCN(C23CC4CC(CC(C4)C2)C3)CC1. The maximum Gasteiger partial charge on any atom is 0.269 e. The van der Waals surface area contributed by atoms with E-state index in [-0.39, 0.29) is 11.6 Å². The van der Waals surface area contributed by atoms with Gasteiger partial charge in [0.25, 0.3) is 11.6 Å². The fourth-order valence-electron chi connectivity index (χ4n) is 6.74. The summed E-state index contributed by atoms with van der Waals surface area (Å²) in [5, 5.41) is 10.8. The molecule has 0 aromatic heterocycles. The molecule has 0 N–H and O–H groups in total. The van der Waals surface area contributed by atoms with E-state index in [9.17, 15) is 14.9 Å². The molecular formula is C21H27N3O3. The van der Waals surface area contributed by atoms with Crippen LogP contribution in [0.4, 0.5) is 5.69 Å². The van der Waals surface area contributed by atoms with Gasteiger partial charge in [0.1, 0.15) is 0 Å². The predicted molar refractivity (Wildman–Crippen MR) is 101 cm³/mol. The molecule has 0 spiro atoms. The highest BCUT2D eigenvalue weighted by Crippen LogP contribution is 2.57. The second-order valence-corrected chi connectivity index (χ2v) is 9.23. The van der Waals surface area contributed by atoms with Crippen LogP contribution in [0.25, 0.3) is 0 Å². The van der Waals surface area contributed by atoms with Crippen molar-refractivity contribution < 1.29 is 9.72 Å². The molecule has 0 atom stereocenters. The predicted octanol–water partition coefficient (Wildman–Crippen LogP) is 3.32. The van der Waals surface area contributed by atoms with Gasteiger partial charge in [-0.15, -0.1) is 0 Å². The average molecular weight is 369 g/mol. The van der Waals surface area contributed by atoms with Crippen LogP contribution in [-0.4, -0.2) is 52.3 Å². The van der Waals surface area contributed by atoms with E-state index in [1.165, 1.54) is 50.7 Å². The minimum Gasteiger partial charge on any atom is -0.336 e. The first-order valence-corrected chi connectivity index (χ1v) is 10.3. The van der Waals surface area contributed by atoms with E-state index in [1.54, 1.807) is 12.1 Å². The molecule has 27 heavy (non-hydrogen) atoms. The molecule has 5 aliphatic rings. The number of hydrogen-bond acceptors (Lipinski definition) is 4. The van der Waals surface area contributed by atoms with Crippen molar-refractivity contribution >= 4 is 11.6 Å². The Morgan fingerprint density at radius 2 is 1.44 bits per heavy atom. The van der Waals surface area contributed by atoms with E-state index in [0.717, 1.165) is 43.9 Å². The minimum absolute atomic E-state index is 0.00457. The number of amides is 1. The number of carbonyl (C=O) groups excluding carboxylic acids is 1. The standard InChI is InChI=1S/C21H27N3O3/c25-20(18-1-3-19(4-2-18)24(26)27)22-5-7-23(8-6-22)21-12-15-9-16(13-21)11-17(10-15)14-21/h1-4,15-17H,5-14H2. The molecule has 6 heteroatoms. The van der Waals surface area contributed by atoms with Gasteiger partial charge < -0.3 is 4.90 Å². The molecule has 5 fully saturated rings. The number of non-ortho nitro benzene ring substituents is 1. The zero-order chi connectivity index (χ0) is 18.6. The molecule has 4 aliphatic carbocycles. The fraction of sp³-hybridized carbons (Fsp3) is 0.667. The third-order valence-corrected chi connectivity index (χ3v) is 7.57. The van der Waals surface area contributed by atoms with E-state index in [4.69, 9.17) is 0 Å². The van der Waals surface area contributed by atoms with E-state index < -0.39 is 4.92 Å². The molecule has 6 nitrogen and oxygen atoms in total. The van der Waals surface area contributed by atoms with Crippen molar-refractivity contribution in [3.05, 3.63) is 39.9 Å². The Kier molecular flexibility index (Phi) is 4.00. The molecule has 1 heterocycles. The summed E-state index contributed by atoms with van der Waals surface area (Å²) in [6, 6.07) is 5.98. The Bertz CT molecular complexity index is 717. The summed E-state index contributed by atoms with van der Waals surface area (Å²) in [6.45, 7) is 3.45. The Morgan fingerprint density at radius 3 is 1.93 bits per heavy atom. The number of nitrogens with zero attached hydrogens (tertiary/aromatic N) is 3. The van der Waals surface area contributed by atoms with E-state index in [0.29, 0.717) is 11.1 Å². The lowest BCUT2D eigenvalue weighted by Crippen LogP contribution is -2.64. The van der Waals surface area contributed by atoms with Crippen molar-refractivity contribution in [3.8, 4) is 0 Å². The summed E-state index contributed by atoms with van der Waals surface area (Å²) in [5.74, 6) is 2.82. The van der Waals surface area contributed by atoms with E-state index in [1.807, 2.05) is 4.90 Å². The topological polar surface area (TPSA) is 66.7 Å². The second-order valence-electron chi connectivity index (χ2n) is 9.23. The number of nitro benzene ring substituents is 1. The van der Waals surface area contributed by atoms with Crippen molar-refractivity contribution in [1.82, 2.24) is 9.80 Å². The van der Waals surface area contributed by atoms with Crippen LogP contribution in [0.3, 0.4) is 0 Å². The van der Waals surface area contributed by atoms with Crippen molar-refractivity contribution in [2.24, 2.45) is 17.8 Å². The second kappa shape index (κ2) is 6.30. The third kappa shape index (κ3) is 2.94. The lowest BCUT2D eigenvalue weighted by atomic mass is 9.52. The number of hydrogen-bond donors (Lipinski definition) is 0. The molecule has 0 radical (unpaired) electrons. The Hall–Kier alpha value is -1.95. The first-order chi connectivity index (χ1) is 13.0. The third-order valence-electron chi connectivity index (χ3n) is 7.57. The smallest absolute Gasteiger partial charge is 0.269 e. The molecule has 1 amide bonds. The molecule has 144 valence electrons. The number of nitro groups is 1. The van der Waals surface area contributed by atoms with Gasteiger partial charge in [-0.25, -0.2) is 0 Å². The van der Waals surface area contributed by atoms with Gasteiger partial charge in [0.05, 0.1) is 4.92 Å². The first-order valence-electron chi connectivity index (χ1n) is 10.3. The summed E-state index contributed by atoms with van der Waals surface area (Å²) < 4.78 is 0. The van der Waals surface area contributed by atoms with Crippen LogP contribution in [0, 0.1) is 27.9 Å². The summed E-state index contributed by atoms with van der Waals surface area (Å²) in [5.41, 5.74) is 0.985. The van der Waals surface area contributed by atoms with Crippen LogP contribution in [0.2, 0.25) is 0 Å². The summed E-state index contributed by atoms with van der Waals surface area (Å²) >= 11 is 0. The molecule has 0 unspecified atom stereocenters. The van der Waals surface area contributed by atoms with Crippen LogP contribution < -0.4 is 0 Å². The lowest BCUT2D eigenvalue weighted by molar-refractivity contribution is -0.384. The molecule has 1 saturated heterocycles. The van der Waals surface area contributed by atoms with Crippen LogP contribution in [0.5, 0.6) is 0 Å². The number of piperazine rings is 1. The Morgan fingerprint density at radius 1 is 0.926 bits per heavy atom. The molecular weight excluding hydrogens is 342 g/mol. The highest BCUT2D eigenvalue weighted by molar-refractivity contribution is 5.94. The Labute approximate surface area is 159 Å². The molecule has 4 saturated carbocycles. The minimum atomic E-state index is -0.432. The maximum absolute atomic E-state index is 12.8. The van der Waals surface area contributed by atoms with Gasteiger partial charge in [-0.3, -0.25) is 19.8 Å². The van der Waals surface area contributed by atoms with Crippen LogP contribution in [0.1, 0.15) is 48.9 Å². The number of carbonyl (C=O) groups is 1. The number of benzene rings is 1. The molecule has 6 rings (SSSR count). The molecule has 1 aromatic rings. The highest BCUT2D eigenvalue weighted by Gasteiger charge is 2.53. The number of rotatable bonds is 3. The van der Waals surface area contributed by atoms with Gasteiger partial charge in [-0.2, -0.15) is 0 Å². The summed E-state index contributed by atoms with van der Waals surface area (Å²) in [4.78, 5) is 27.7. The van der Waals surface area contributed by atoms with Crippen molar-refractivity contribution in [2.75, 3.05) is 26.2 Å². The van der Waals surface area contributed by atoms with Gasteiger partial charge in [0.15, 0.2) is 0 Å². The van der Waals surface area contributed by atoms with Crippen LogP contribution >= 0.6 is 0 Å². The van der Waals surface area contributed by atoms with Crippen molar-refractivity contribution in [3.63, 3.8) is 0 Å². The zero-order valence-electron chi connectivity index (χ0n) is 15.7. The largest absolute Gasteiger partial charge is 0.336 e. The normalized spacial score (nSPS) is 35.4. The molecule has 1 aromatic carbocycles. The van der Waals surface area contributed by atoms with Crippen molar-refractivity contribution in [2.45, 2.75) is 44.1 Å². The van der Waals surface area contributed by atoms with E-state index >= 15 is 0 Å². The average Bonchev–Trinajstić information content (AvgIpc) is 2.66. The van der Waals surface area contributed by atoms with Crippen LogP contribution in [0.15, 0.2) is 24.3 Å². The zero-order valence-corrected chi connectivity index (χ0v) is 15.7. The summed E-state index contributed by atoms with van der Waals surface area (Å²) in [7, 11) is 0. The van der Waals surface area contributed by atoms with Gasteiger partial charge in [-0.1, -0.05) is 0 Å². The quantitative estimate of drug-likeness (QED) is 0.605. The maximum atomic E-state index is 12.8. The van der Waals surface area contributed by atoms with E-state index in [2.05, 4.69) is 4.90 Å². The molecule has 4 bridgehead atoms. The van der Waals surface area contributed by atoms with Gasteiger partial charge in [0, 0.05) is 49.4 Å². The fourth-order valence-corrected chi connectivity index (χ4v) is 6.74. The first kappa shape index (κ1) is 17.2. The Balaban J connectivity index is 1.24. The van der Waals surface area contributed by atoms with Crippen molar-refractivity contribution in [1.29, 1.82) is 0 Å². The van der Waals surface area contributed by atoms with Gasteiger partial charge >= 0.3 is 0 Å². The summed E-state index contributed by atoms with van der Waals surface area (Å²) in [6.07, 6.45) is 8.48.